The number of para-hydroxylation sites is 1. The van der Waals surface area contributed by atoms with Crippen LogP contribution in [0.5, 0.6) is 0 Å². The number of amides is 2. The van der Waals surface area contributed by atoms with Gasteiger partial charge in [0.15, 0.2) is 0 Å². The number of H-pyrrole nitrogens is 1. The van der Waals surface area contributed by atoms with Gasteiger partial charge in [-0.1, -0.05) is 48.5 Å². The molecule has 2 heterocycles. The Kier molecular flexibility index (Phi) is 5.59. The van der Waals surface area contributed by atoms with Gasteiger partial charge in [0.05, 0.1) is 17.2 Å². The molecule has 33 heavy (non-hydrogen) atoms. The second-order valence-corrected chi connectivity index (χ2v) is 7.88. The zero-order chi connectivity index (χ0) is 22.6. The van der Waals surface area contributed by atoms with Crippen molar-refractivity contribution >= 4 is 33.5 Å². The van der Waals surface area contributed by atoms with E-state index in [-0.39, 0.29) is 11.6 Å². The summed E-state index contributed by atoms with van der Waals surface area (Å²) in [6, 6.07) is 22.6. The van der Waals surface area contributed by atoms with E-state index in [1.54, 1.807) is 29.1 Å². The molecule has 0 aliphatic rings. The number of nitrogens with zero attached hydrogens (tertiary/aromatic N) is 2. The minimum absolute atomic E-state index is 0.131. The summed E-state index contributed by atoms with van der Waals surface area (Å²) in [6.07, 6.45) is 4.27. The number of anilines is 1. The Hall–Kier alpha value is -4.39. The first-order valence-electron chi connectivity index (χ1n) is 10.8. The lowest BCUT2D eigenvalue weighted by Gasteiger charge is -2.10. The Morgan fingerprint density at radius 3 is 2.67 bits per heavy atom. The number of aromatic nitrogens is 3. The molecule has 0 saturated carbocycles. The fraction of sp³-hybridized carbons (Fsp3) is 0.115. The van der Waals surface area contributed by atoms with Crippen LogP contribution in [0.25, 0.3) is 21.8 Å². The van der Waals surface area contributed by atoms with Crippen molar-refractivity contribution in [2.24, 2.45) is 0 Å². The maximum Gasteiger partial charge on any atom is 0.319 e. The topological polar surface area (TPSA) is 91.8 Å². The Morgan fingerprint density at radius 2 is 1.79 bits per heavy atom. The fourth-order valence-corrected chi connectivity index (χ4v) is 3.93. The van der Waals surface area contributed by atoms with Crippen molar-refractivity contribution in [3.63, 3.8) is 0 Å². The molecular weight excluding hydrogens is 414 g/mol. The zero-order valence-electron chi connectivity index (χ0n) is 17.9. The van der Waals surface area contributed by atoms with Gasteiger partial charge in [-0.25, -0.2) is 9.78 Å². The fourth-order valence-electron chi connectivity index (χ4n) is 3.93. The molecule has 5 aromatic rings. The zero-order valence-corrected chi connectivity index (χ0v) is 17.9. The molecule has 7 heteroatoms. The molecule has 0 unspecified atom stereocenters. The average molecular weight is 438 g/mol. The molecule has 3 aromatic carbocycles. The first-order valence-corrected chi connectivity index (χ1v) is 10.8. The van der Waals surface area contributed by atoms with Gasteiger partial charge in [0.25, 0.3) is 5.56 Å². The van der Waals surface area contributed by atoms with E-state index in [2.05, 4.69) is 26.7 Å². The van der Waals surface area contributed by atoms with E-state index >= 15 is 0 Å². The van der Waals surface area contributed by atoms with Crippen LogP contribution in [0.2, 0.25) is 0 Å². The molecule has 2 aromatic heterocycles. The molecule has 2 amide bonds. The minimum atomic E-state index is -0.332. The summed E-state index contributed by atoms with van der Waals surface area (Å²) in [7, 11) is 0. The summed E-state index contributed by atoms with van der Waals surface area (Å²) in [4.78, 5) is 33.1. The number of nitrogens with one attached hydrogen (secondary N) is 3. The molecular formula is C26H23N5O2. The first kappa shape index (κ1) is 20.5. The first-order chi connectivity index (χ1) is 16.2. The monoisotopic (exact) mass is 437 g/mol. The van der Waals surface area contributed by atoms with Gasteiger partial charge in [-0.15, -0.1) is 0 Å². The summed E-state index contributed by atoms with van der Waals surface area (Å²) in [6.45, 7) is 0.932. The van der Waals surface area contributed by atoms with Crippen molar-refractivity contribution in [2.75, 3.05) is 5.32 Å². The highest BCUT2D eigenvalue weighted by molar-refractivity contribution is 5.92. The van der Waals surface area contributed by atoms with Gasteiger partial charge in [0.1, 0.15) is 0 Å². The highest BCUT2D eigenvalue weighted by Crippen LogP contribution is 2.19. The molecule has 0 radical (unpaired) electrons. The Labute approximate surface area is 190 Å². The highest BCUT2D eigenvalue weighted by Gasteiger charge is 2.09. The van der Waals surface area contributed by atoms with Crippen LogP contribution in [0, 0.1) is 0 Å². The summed E-state index contributed by atoms with van der Waals surface area (Å²) >= 11 is 0. The third kappa shape index (κ3) is 4.48. The largest absolute Gasteiger partial charge is 0.361 e. The number of carbonyl (C=O) groups excluding carboxylic acids is 1. The van der Waals surface area contributed by atoms with Crippen LogP contribution < -0.4 is 16.2 Å². The standard InChI is InChI=1S/C26H23N5O2/c32-25-22-14-20(30-26(33)28-15-18-6-2-1-3-7-18)10-11-24(22)29-17-31(25)13-12-19-16-27-23-9-5-4-8-21(19)23/h1-11,14,16-17,27H,12-13,15H2,(H2,28,30,33). The van der Waals surface area contributed by atoms with Gasteiger partial charge in [-0.3, -0.25) is 9.36 Å². The van der Waals surface area contributed by atoms with Gasteiger partial charge >= 0.3 is 6.03 Å². The summed E-state index contributed by atoms with van der Waals surface area (Å²) in [5.41, 5.74) is 4.25. The SMILES string of the molecule is O=C(NCc1ccccc1)Nc1ccc2ncn(CCc3c[nH]c4ccccc34)c(=O)c2c1. The number of benzene rings is 3. The van der Waals surface area contributed by atoms with Crippen LogP contribution >= 0.6 is 0 Å². The normalized spacial score (nSPS) is 11.0. The molecule has 0 aliphatic heterocycles. The van der Waals surface area contributed by atoms with Crippen LogP contribution in [-0.2, 0) is 19.5 Å². The summed E-state index contributed by atoms with van der Waals surface area (Å²) in [5, 5.41) is 7.24. The molecule has 0 bridgehead atoms. The second-order valence-electron chi connectivity index (χ2n) is 7.88. The minimum Gasteiger partial charge on any atom is -0.361 e. The lowest BCUT2D eigenvalue weighted by atomic mass is 10.1. The Bertz CT molecular complexity index is 1490. The molecule has 3 N–H and O–H groups in total. The molecule has 164 valence electrons. The number of aromatic amines is 1. The molecule has 5 rings (SSSR count). The molecule has 7 nitrogen and oxygen atoms in total. The van der Waals surface area contributed by atoms with Gasteiger partial charge < -0.3 is 15.6 Å². The number of aryl methyl sites for hydroxylation is 2. The van der Waals surface area contributed by atoms with Crippen LogP contribution in [-0.4, -0.2) is 20.6 Å². The quantitative estimate of drug-likeness (QED) is 0.367. The van der Waals surface area contributed by atoms with E-state index < -0.39 is 0 Å². The third-order valence-electron chi connectivity index (χ3n) is 5.67. The van der Waals surface area contributed by atoms with Crippen LogP contribution in [0.4, 0.5) is 10.5 Å². The Morgan fingerprint density at radius 1 is 0.970 bits per heavy atom. The number of urea groups is 1. The van der Waals surface area contributed by atoms with E-state index in [4.69, 9.17) is 0 Å². The van der Waals surface area contributed by atoms with Gasteiger partial charge in [0.2, 0.25) is 0 Å². The predicted molar refractivity (Wildman–Crippen MR) is 130 cm³/mol. The Balaban J connectivity index is 1.30. The van der Waals surface area contributed by atoms with Crippen molar-refractivity contribution in [2.45, 2.75) is 19.5 Å². The van der Waals surface area contributed by atoms with E-state index in [1.807, 2.05) is 54.7 Å². The van der Waals surface area contributed by atoms with Crippen molar-refractivity contribution in [3.05, 3.63) is 107 Å². The molecule has 0 aliphatic carbocycles. The smallest absolute Gasteiger partial charge is 0.319 e. The average Bonchev–Trinajstić information content (AvgIpc) is 3.26. The summed E-state index contributed by atoms with van der Waals surface area (Å²) < 4.78 is 1.61. The van der Waals surface area contributed by atoms with E-state index in [0.717, 1.165) is 22.0 Å². The van der Waals surface area contributed by atoms with Gasteiger partial charge in [-0.05, 0) is 41.8 Å². The van der Waals surface area contributed by atoms with Crippen LogP contribution in [0.1, 0.15) is 11.1 Å². The molecule has 0 atom stereocenters. The number of hydrogen-bond acceptors (Lipinski definition) is 3. The van der Waals surface area contributed by atoms with E-state index in [9.17, 15) is 9.59 Å². The van der Waals surface area contributed by atoms with Crippen molar-refractivity contribution in [1.82, 2.24) is 19.9 Å². The van der Waals surface area contributed by atoms with Crippen LogP contribution in [0.3, 0.4) is 0 Å². The van der Waals surface area contributed by atoms with Crippen LogP contribution in [0.15, 0.2) is 90.1 Å². The molecule has 0 fully saturated rings. The summed E-state index contributed by atoms with van der Waals surface area (Å²) in [5.74, 6) is 0. The molecule has 0 spiro atoms. The van der Waals surface area contributed by atoms with Gasteiger partial charge in [-0.2, -0.15) is 0 Å². The van der Waals surface area contributed by atoms with E-state index in [0.29, 0.717) is 36.1 Å². The number of carbonyl (C=O) groups is 1. The van der Waals surface area contributed by atoms with Crippen molar-refractivity contribution in [3.8, 4) is 0 Å². The highest BCUT2D eigenvalue weighted by atomic mass is 16.2. The maximum absolute atomic E-state index is 13.1. The number of fused-ring (bicyclic) bond motifs is 2. The van der Waals surface area contributed by atoms with Gasteiger partial charge in [0, 0.05) is 35.9 Å². The molecule has 0 saturated heterocycles. The maximum atomic E-state index is 13.1. The third-order valence-corrected chi connectivity index (χ3v) is 5.67. The van der Waals surface area contributed by atoms with Crippen molar-refractivity contribution < 1.29 is 4.79 Å². The second kappa shape index (κ2) is 9.00. The predicted octanol–water partition coefficient (Wildman–Crippen LogP) is 4.44. The lowest BCUT2D eigenvalue weighted by molar-refractivity contribution is 0.251. The number of rotatable bonds is 6. The van der Waals surface area contributed by atoms with Crippen molar-refractivity contribution in [1.29, 1.82) is 0 Å². The number of hydrogen-bond donors (Lipinski definition) is 3. The lowest BCUT2D eigenvalue weighted by Crippen LogP contribution is -2.28. The van der Waals surface area contributed by atoms with E-state index in [1.165, 1.54) is 0 Å².